The Kier molecular flexibility index (Phi) is 3.81. The third-order valence-electron chi connectivity index (χ3n) is 0.430. The summed E-state index contributed by atoms with van der Waals surface area (Å²) in [5, 5.41) is 0. The normalized spacial score (nSPS) is 10.0. The summed E-state index contributed by atoms with van der Waals surface area (Å²) in [7, 11) is 2.22. The minimum Gasteiger partial charge on any atom is -0.365 e. The van der Waals surface area contributed by atoms with Crippen molar-refractivity contribution in [3.63, 3.8) is 0 Å². The van der Waals surface area contributed by atoms with Gasteiger partial charge in [0, 0.05) is 9.47 Å². The van der Waals surface area contributed by atoms with E-state index in [0.717, 1.165) is 6.61 Å². The Hall–Kier alpha value is 0.390. The molecule has 0 aromatic rings. The van der Waals surface area contributed by atoms with Crippen LogP contribution in [-0.4, -0.2) is 6.61 Å². The molecule has 0 saturated heterocycles. The molecule has 0 spiro atoms. The van der Waals surface area contributed by atoms with Crippen LogP contribution in [-0.2, 0) is 4.52 Å². The smallest absolute Gasteiger partial charge is 0.0524 e. The molecule has 1 unspecified atom stereocenters. The van der Waals surface area contributed by atoms with E-state index in [1.807, 2.05) is 0 Å². The van der Waals surface area contributed by atoms with Gasteiger partial charge in [0.25, 0.3) is 0 Å². The van der Waals surface area contributed by atoms with Crippen LogP contribution >= 0.6 is 9.47 Å². The first-order valence-electron chi connectivity index (χ1n) is 2.09. The van der Waals surface area contributed by atoms with Gasteiger partial charge in [0.05, 0.1) is 6.61 Å². The molecule has 0 fully saturated rings. The van der Waals surface area contributed by atoms with Crippen molar-refractivity contribution in [2.45, 2.75) is 13.8 Å². The van der Waals surface area contributed by atoms with Gasteiger partial charge in [-0.1, -0.05) is 13.8 Å². The Morgan fingerprint density at radius 1 is 1.67 bits per heavy atom. The number of rotatable bonds is 2. The second-order valence-corrected chi connectivity index (χ2v) is 2.06. The van der Waals surface area contributed by atoms with E-state index in [1.165, 1.54) is 0 Å². The van der Waals surface area contributed by atoms with Crippen LogP contribution in [0.4, 0.5) is 0 Å². The van der Waals surface area contributed by atoms with Crippen molar-refractivity contribution in [2.75, 3.05) is 6.61 Å². The quantitative estimate of drug-likeness (QED) is 0.484. The van der Waals surface area contributed by atoms with Gasteiger partial charge in [0.15, 0.2) is 0 Å². The molecule has 2 heteroatoms. The van der Waals surface area contributed by atoms with Crippen LogP contribution in [0.2, 0.25) is 0 Å². The second-order valence-electron chi connectivity index (χ2n) is 1.73. The van der Waals surface area contributed by atoms with Crippen LogP contribution in [0.25, 0.3) is 0 Å². The van der Waals surface area contributed by atoms with E-state index in [-0.39, 0.29) is 0 Å². The molecular formula is C4H11OP. The Labute approximate surface area is 41.4 Å². The second kappa shape index (κ2) is 3.58. The Bertz CT molecular complexity index is 28.7. The van der Waals surface area contributed by atoms with Gasteiger partial charge in [-0.05, 0) is 5.92 Å². The lowest BCUT2D eigenvalue weighted by atomic mass is 10.2. The summed E-state index contributed by atoms with van der Waals surface area (Å²) in [6, 6.07) is 0. The fourth-order valence-corrected chi connectivity index (χ4v) is 0.577. The van der Waals surface area contributed by atoms with Gasteiger partial charge in [-0.25, -0.2) is 0 Å². The maximum absolute atomic E-state index is 4.72. The molecule has 0 N–H and O–H groups in total. The van der Waals surface area contributed by atoms with E-state index < -0.39 is 0 Å². The molecule has 6 heavy (non-hydrogen) atoms. The molecule has 0 aromatic carbocycles. The van der Waals surface area contributed by atoms with Crippen molar-refractivity contribution in [1.82, 2.24) is 0 Å². The molecule has 1 nitrogen and oxygen atoms in total. The van der Waals surface area contributed by atoms with E-state index in [2.05, 4.69) is 23.3 Å². The third-order valence-corrected chi connectivity index (χ3v) is 0.622. The monoisotopic (exact) mass is 106 g/mol. The molecule has 0 amide bonds. The van der Waals surface area contributed by atoms with Crippen molar-refractivity contribution in [3.8, 4) is 0 Å². The van der Waals surface area contributed by atoms with Gasteiger partial charge in [0.2, 0.25) is 0 Å². The van der Waals surface area contributed by atoms with Crippen LogP contribution in [0.1, 0.15) is 13.8 Å². The minimum atomic E-state index is 0.655. The zero-order chi connectivity index (χ0) is 4.99. The summed E-state index contributed by atoms with van der Waals surface area (Å²) < 4.78 is 4.72. The first kappa shape index (κ1) is 6.39. The van der Waals surface area contributed by atoms with Crippen molar-refractivity contribution in [3.05, 3.63) is 0 Å². The third kappa shape index (κ3) is 4.39. The highest BCUT2D eigenvalue weighted by Crippen LogP contribution is 1.94. The van der Waals surface area contributed by atoms with E-state index >= 15 is 0 Å². The molecule has 1 atom stereocenters. The average molecular weight is 106 g/mol. The molecule has 0 heterocycles. The maximum Gasteiger partial charge on any atom is 0.0524 e. The SMILES string of the molecule is CC(C)COP. The fraction of sp³-hybridized carbons (Fsp3) is 1.00. The molecule has 0 aliphatic carbocycles. The fourth-order valence-electron chi connectivity index (χ4n) is 0.192. The molecule has 0 aliphatic rings. The lowest BCUT2D eigenvalue weighted by Crippen LogP contribution is -1.92. The van der Waals surface area contributed by atoms with Gasteiger partial charge < -0.3 is 4.52 Å². The Balaban J connectivity index is 2.63. The average Bonchev–Trinajstić information content (AvgIpc) is 1.35. The van der Waals surface area contributed by atoms with Crippen LogP contribution < -0.4 is 0 Å². The van der Waals surface area contributed by atoms with Gasteiger partial charge in [-0.15, -0.1) is 0 Å². The highest BCUT2D eigenvalue weighted by molar-refractivity contribution is 7.09. The van der Waals surface area contributed by atoms with Crippen LogP contribution in [0.15, 0.2) is 0 Å². The molecule has 0 aromatic heterocycles. The highest BCUT2D eigenvalue weighted by atomic mass is 31.0. The zero-order valence-electron chi connectivity index (χ0n) is 4.27. The van der Waals surface area contributed by atoms with Crippen molar-refractivity contribution < 1.29 is 4.52 Å². The largest absolute Gasteiger partial charge is 0.365 e. The van der Waals surface area contributed by atoms with Crippen LogP contribution in [0.5, 0.6) is 0 Å². The predicted octanol–water partition coefficient (Wildman–Crippen LogP) is 1.45. The predicted molar refractivity (Wildman–Crippen MR) is 30.5 cm³/mol. The molecule has 0 bridgehead atoms. The summed E-state index contributed by atoms with van der Waals surface area (Å²) in [6.45, 7) is 5.07. The Morgan fingerprint density at radius 2 is 2.17 bits per heavy atom. The minimum absolute atomic E-state index is 0.655. The van der Waals surface area contributed by atoms with Gasteiger partial charge in [0.1, 0.15) is 0 Å². The lowest BCUT2D eigenvalue weighted by molar-refractivity contribution is 0.314. The summed E-state index contributed by atoms with van der Waals surface area (Å²) in [4.78, 5) is 0. The van der Waals surface area contributed by atoms with Gasteiger partial charge in [-0.2, -0.15) is 0 Å². The van der Waals surface area contributed by atoms with E-state index in [9.17, 15) is 0 Å². The molecule has 38 valence electrons. The van der Waals surface area contributed by atoms with E-state index in [4.69, 9.17) is 4.52 Å². The van der Waals surface area contributed by atoms with Crippen molar-refractivity contribution in [2.24, 2.45) is 5.92 Å². The molecular weight excluding hydrogens is 95.0 g/mol. The summed E-state index contributed by atoms with van der Waals surface area (Å²) in [5.74, 6) is 0.655. The Morgan fingerprint density at radius 3 is 2.17 bits per heavy atom. The van der Waals surface area contributed by atoms with Crippen molar-refractivity contribution in [1.29, 1.82) is 0 Å². The standard InChI is InChI=1S/C4H11OP/c1-4(2)3-5-6/h4H,3,6H2,1-2H3. The lowest BCUT2D eigenvalue weighted by Gasteiger charge is -1.97. The van der Waals surface area contributed by atoms with E-state index in [1.54, 1.807) is 0 Å². The van der Waals surface area contributed by atoms with Crippen LogP contribution in [0, 0.1) is 5.92 Å². The first-order chi connectivity index (χ1) is 2.77. The number of hydrogen-bond acceptors (Lipinski definition) is 1. The van der Waals surface area contributed by atoms with Crippen molar-refractivity contribution >= 4 is 9.47 Å². The number of hydrogen-bond donors (Lipinski definition) is 0. The maximum atomic E-state index is 4.72. The molecule has 0 saturated carbocycles. The molecule has 0 rings (SSSR count). The highest BCUT2D eigenvalue weighted by Gasteiger charge is 1.85. The summed E-state index contributed by atoms with van der Waals surface area (Å²) in [5.41, 5.74) is 0. The van der Waals surface area contributed by atoms with E-state index in [0.29, 0.717) is 5.92 Å². The first-order valence-corrected chi connectivity index (χ1v) is 2.56. The van der Waals surface area contributed by atoms with Gasteiger partial charge >= 0.3 is 0 Å². The van der Waals surface area contributed by atoms with Gasteiger partial charge in [-0.3, -0.25) is 0 Å². The molecule has 0 radical (unpaired) electrons. The molecule has 0 aliphatic heterocycles. The summed E-state index contributed by atoms with van der Waals surface area (Å²) in [6.07, 6.45) is 0. The topological polar surface area (TPSA) is 9.23 Å². The van der Waals surface area contributed by atoms with Crippen LogP contribution in [0.3, 0.4) is 0 Å². The summed E-state index contributed by atoms with van der Waals surface area (Å²) >= 11 is 0. The zero-order valence-corrected chi connectivity index (χ0v) is 5.42.